The molecule has 0 saturated carbocycles. The van der Waals surface area contributed by atoms with Gasteiger partial charge in [-0.2, -0.15) is 0 Å². The molecule has 1 fully saturated rings. The molecular weight excluding hydrogens is 675 g/mol. The summed E-state index contributed by atoms with van der Waals surface area (Å²) in [7, 11) is 1.31. The van der Waals surface area contributed by atoms with Crippen molar-refractivity contribution in [2.24, 2.45) is 0 Å². The van der Waals surface area contributed by atoms with Crippen LogP contribution in [-0.4, -0.2) is 40.3 Å². The summed E-state index contributed by atoms with van der Waals surface area (Å²) in [5.74, 6) is -1.57. The maximum atomic E-state index is 15.5. The number of methoxy groups -OCH3 is 1. The smallest absolute Gasteiger partial charge is 0.337 e. The van der Waals surface area contributed by atoms with E-state index in [2.05, 4.69) is 25.9 Å². The third-order valence-electron chi connectivity index (χ3n) is 7.30. The molecule has 1 aliphatic heterocycles. The van der Waals surface area contributed by atoms with E-state index in [0.717, 1.165) is 18.6 Å². The van der Waals surface area contributed by atoms with E-state index in [4.69, 9.17) is 14.2 Å². The van der Waals surface area contributed by atoms with Crippen molar-refractivity contribution in [3.05, 3.63) is 111 Å². The normalized spacial score (nSPS) is 13.5. The van der Waals surface area contributed by atoms with E-state index in [1.165, 1.54) is 13.2 Å². The molecule has 248 valence electrons. The molecule has 7 nitrogen and oxygen atoms in total. The molecule has 2 aromatic heterocycles. The molecule has 47 heavy (non-hydrogen) atoms. The summed E-state index contributed by atoms with van der Waals surface area (Å²) >= 11 is 3.22. The van der Waals surface area contributed by atoms with Gasteiger partial charge in [0.2, 0.25) is 5.88 Å². The summed E-state index contributed by atoms with van der Waals surface area (Å²) in [6.45, 7) is 9.03. The van der Waals surface area contributed by atoms with Crippen molar-refractivity contribution in [2.45, 2.75) is 59.8 Å². The van der Waals surface area contributed by atoms with Gasteiger partial charge >= 0.3 is 5.97 Å². The van der Waals surface area contributed by atoms with E-state index in [1.807, 2.05) is 32.3 Å². The van der Waals surface area contributed by atoms with Crippen LogP contribution in [0.3, 0.4) is 0 Å². The number of imidazole rings is 1. The Morgan fingerprint density at radius 1 is 0.936 bits per heavy atom. The minimum absolute atomic E-state index is 0.00727. The van der Waals surface area contributed by atoms with Crippen molar-refractivity contribution in [3.63, 3.8) is 0 Å². The van der Waals surface area contributed by atoms with Crippen molar-refractivity contribution in [2.75, 3.05) is 13.7 Å². The first-order chi connectivity index (χ1) is 22.8. The Morgan fingerprint density at radius 2 is 1.68 bits per heavy atom. The number of fused-ring (bicyclic) bond motifs is 1. The molecule has 0 spiro atoms. The number of pyridine rings is 1. The number of hydrogen-bond acceptors (Lipinski definition) is 6. The van der Waals surface area contributed by atoms with Crippen LogP contribution in [0.25, 0.3) is 22.3 Å². The van der Waals surface area contributed by atoms with E-state index in [1.54, 1.807) is 48.5 Å². The minimum atomic E-state index is -0.669. The number of carbonyl (C=O) groups is 1. The fraction of sp³-hybridized carbons (Fsp3) is 0.306. The zero-order valence-electron chi connectivity index (χ0n) is 27.0. The number of esters is 1. The van der Waals surface area contributed by atoms with Crippen LogP contribution in [-0.2, 0) is 29.0 Å². The highest BCUT2D eigenvalue weighted by molar-refractivity contribution is 9.10. The standard InChI is InChI=1S/C32H25BrF3N3O4.2C2H6/c1-41-32(40)18-6-8-28-29(12-18)39(16-22-9-10-42-22)30(37-28)13-20-11-26(36)23(15-25(20)35)27-3-2-4-31(38-27)43-17-19-5-7-21(33)14-24(19)34;2*1-2/h2-8,11-12,14-15,22H,9-10,13,16-17H2,1H3;2*1-2H3. The Kier molecular flexibility index (Phi) is 12.6. The largest absolute Gasteiger partial charge is 0.473 e. The number of rotatable bonds is 9. The predicted octanol–water partition coefficient (Wildman–Crippen LogP) is 9.08. The van der Waals surface area contributed by atoms with Gasteiger partial charge in [-0.05, 0) is 60.5 Å². The SMILES string of the molecule is CC.CC.COC(=O)c1ccc2nc(Cc3cc(F)c(-c4cccc(OCc5ccc(Br)cc5F)n4)cc3F)n(CC3CCO3)c2c1. The lowest BCUT2D eigenvalue weighted by atomic mass is 10.0. The molecule has 6 rings (SSSR count). The average molecular weight is 713 g/mol. The molecule has 0 aliphatic carbocycles. The molecule has 1 aliphatic rings. The maximum Gasteiger partial charge on any atom is 0.337 e. The summed E-state index contributed by atoms with van der Waals surface area (Å²) in [5.41, 5.74) is 2.21. The van der Waals surface area contributed by atoms with Gasteiger partial charge in [0.1, 0.15) is 29.9 Å². The van der Waals surface area contributed by atoms with Gasteiger partial charge in [0.25, 0.3) is 0 Å². The van der Waals surface area contributed by atoms with Gasteiger partial charge in [-0.25, -0.2) is 27.9 Å². The average Bonchev–Trinajstić information content (AvgIpc) is 3.41. The van der Waals surface area contributed by atoms with Gasteiger partial charge in [0, 0.05) is 34.7 Å². The van der Waals surface area contributed by atoms with Crippen LogP contribution in [0.4, 0.5) is 13.2 Å². The Morgan fingerprint density at radius 3 is 2.36 bits per heavy atom. The predicted molar refractivity (Wildman–Crippen MR) is 179 cm³/mol. The van der Waals surface area contributed by atoms with Crippen LogP contribution in [0.5, 0.6) is 5.88 Å². The summed E-state index contributed by atoms with van der Waals surface area (Å²) < 4.78 is 63.7. The Hall–Kier alpha value is -4.22. The molecule has 0 bridgehead atoms. The van der Waals surface area contributed by atoms with Crippen LogP contribution in [0, 0.1) is 17.5 Å². The first-order valence-electron chi connectivity index (χ1n) is 15.5. The van der Waals surface area contributed by atoms with E-state index in [0.29, 0.717) is 45.6 Å². The highest BCUT2D eigenvalue weighted by Gasteiger charge is 2.24. The number of ether oxygens (including phenoxy) is 3. The van der Waals surface area contributed by atoms with Crippen molar-refractivity contribution in [1.82, 2.24) is 14.5 Å². The second-order valence-corrected chi connectivity index (χ2v) is 11.0. The zero-order valence-corrected chi connectivity index (χ0v) is 28.5. The highest BCUT2D eigenvalue weighted by Crippen LogP contribution is 2.29. The molecule has 1 atom stereocenters. The summed E-state index contributed by atoms with van der Waals surface area (Å²) in [4.78, 5) is 21.1. The number of halogens is 4. The summed E-state index contributed by atoms with van der Waals surface area (Å²) in [5, 5.41) is 0. The highest BCUT2D eigenvalue weighted by atomic mass is 79.9. The molecule has 1 saturated heterocycles. The second-order valence-electron chi connectivity index (χ2n) is 10.1. The number of carbonyl (C=O) groups excluding carboxylic acids is 1. The van der Waals surface area contributed by atoms with Crippen molar-refractivity contribution in [3.8, 4) is 17.1 Å². The fourth-order valence-corrected chi connectivity index (χ4v) is 5.25. The number of aromatic nitrogens is 3. The molecule has 0 N–H and O–H groups in total. The van der Waals surface area contributed by atoms with Crippen LogP contribution in [0.2, 0.25) is 0 Å². The van der Waals surface area contributed by atoms with Crippen molar-refractivity contribution >= 4 is 32.9 Å². The third-order valence-corrected chi connectivity index (χ3v) is 7.80. The van der Waals surface area contributed by atoms with Gasteiger partial charge < -0.3 is 18.8 Å². The second kappa shape index (κ2) is 16.6. The lowest BCUT2D eigenvalue weighted by molar-refractivity contribution is -0.0589. The number of benzene rings is 3. The molecule has 1 unspecified atom stereocenters. The van der Waals surface area contributed by atoms with E-state index in [-0.39, 0.29) is 41.8 Å². The van der Waals surface area contributed by atoms with Gasteiger partial charge in [0.15, 0.2) is 0 Å². The summed E-state index contributed by atoms with van der Waals surface area (Å²) in [6, 6.07) is 16.6. The van der Waals surface area contributed by atoms with Gasteiger partial charge in [0.05, 0.1) is 42.0 Å². The Bertz CT molecular complexity index is 1840. The molecule has 0 radical (unpaired) electrons. The zero-order chi connectivity index (χ0) is 34.1. The fourth-order valence-electron chi connectivity index (χ4n) is 4.91. The Labute approximate surface area is 280 Å². The lowest BCUT2D eigenvalue weighted by Crippen LogP contribution is -2.31. The lowest BCUT2D eigenvalue weighted by Gasteiger charge is -2.27. The first-order valence-corrected chi connectivity index (χ1v) is 16.3. The molecule has 0 amide bonds. The van der Waals surface area contributed by atoms with E-state index in [9.17, 15) is 9.18 Å². The molecule has 3 aromatic carbocycles. The molecule has 11 heteroatoms. The monoisotopic (exact) mass is 711 g/mol. The maximum absolute atomic E-state index is 15.5. The molecule has 3 heterocycles. The number of nitrogens with zero attached hydrogens (tertiary/aromatic N) is 3. The van der Waals surface area contributed by atoms with Crippen molar-refractivity contribution < 1.29 is 32.2 Å². The quantitative estimate of drug-likeness (QED) is 0.142. The number of hydrogen-bond donors (Lipinski definition) is 0. The van der Waals surface area contributed by atoms with Crippen molar-refractivity contribution in [1.29, 1.82) is 0 Å². The summed E-state index contributed by atoms with van der Waals surface area (Å²) in [6.07, 6.45) is 0.831. The van der Waals surface area contributed by atoms with Gasteiger partial charge in [-0.3, -0.25) is 0 Å². The molecular formula is C36H37BrF3N3O4. The first kappa shape index (κ1) is 35.6. The van der Waals surface area contributed by atoms with Crippen LogP contribution >= 0.6 is 15.9 Å². The minimum Gasteiger partial charge on any atom is -0.473 e. The van der Waals surface area contributed by atoms with Gasteiger partial charge in [-0.15, -0.1) is 0 Å². The van der Waals surface area contributed by atoms with Crippen LogP contribution in [0.15, 0.2) is 71.2 Å². The third kappa shape index (κ3) is 8.39. The van der Waals surface area contributed by atoms with E-state index >= 15 is 8.78 Å². The Balaban J connectivity index is 0.00000120. The van der Waals surface area contributed by atoms with Crippen LogP contribution < -0.4 is 4.74 Å². The van der Waals surface area contributed by atoms with Crippen LogP contribution in [0.1, 0.15) is 61.4 Å². The van der Waals surface area contributed by atoms with Gasteiger partial charge in [-0.1, -0.05) is 55.8 Å². The van der Waals surface area contributed by atoms with E-state index < -0.39 is 23.4 Å². The topological polar surface area (TPSA) is 75.5 Å². The molecule has 5 aromatic rings.